The average Bonchev–Trinajstić information content (AvgIpc) is 2.45. The number of hydrogen-bond acceptors (Lipinski definition) is 3. The van der Waals surface area contributed by atoms with Crippen molar-refractivity contribution in [2.24, 2.45) is 5.41 Å². The first kappa shape index (κ1) is 17.1. The molecule has 23 heavy (non-hydrogen) atoms. The number of nitrogens with one attached hydrogen (secondary N) is 1. The number of carbonyl (C=O) groups excluding carboxylic acids is 1. The molecule has 0 aliphatic rings. The van der Waals surface area contributed by atoms with Gasteiger partial charge in [-0.25, -0.2) is 9.97 Å². The van der Waals surface area contributed by atoms with E-state index in [9.17, 15) is 4.79 Å². The number of benzene rings is 1. The Morgan fingerprint density at radius 2 is 1.57 bits per heavy atom. The Labute approximate surface area is 138 Å². The summed E-state index contributed by atoms with van der Waals surface area (Å²) in [5.41, 5.74) is 1.27. The van der Waals surface area contributed by atoms with E-state index in [0.717, 1.165) is 12.0 Å². The van der Waals surface area contributed by atoms with E-state index in [4.69, 9.17) is 0 Å². The maximum Gasteiger partial charge on any atom is 0.254 e. The molecule has 0 atom stereocenters. The molecule has 4 nitrogen and oxygen atoms in total. The molecule has 122 valence electrons. The predicted octanol–water partition coefficient (Wildman–Crippen LogP) is 4.09. The van der Waals surface area contributed by atoms with Crippen molar-refractivity contribution in [2.45, 2.75) is 46.6 Å². The zero-order valence-corrected chi connectivity index (χ0v) is 14.6. The summed E-state index contributed by atoms with van der Waals surface area (Å²) in [6.45, 7) is 10.6. The van der Waals surface area contributed by atoms with Gasteiger partial charge < -0.3 is 5.32 Å². The minimum absolute atomic E-state index is 0.140. The fraction of sp³-hybridized carbons (Fsp3) is 0.421. The van der Waals surface area contributed by atoms with Crippen LogP contribution in [0.5, 0.6) is 0 Å². The molecular formula is C19H25N3O. The lowest BCUT2D eigenvalue weighted by Crippen LogP contribution is -2.45. The van der Waals surface area contributed by atoms with Crippen molar-refractivity contribution in [1.82, 2.24) is 15.3 Å². The number of aromatic nitrogens is 2. The molecule has 0 saturated heterocycles. The summed E-state index contributed by atoms with van der Waals surface area (Å²) >= 11 is 0. The number of nitrogens with zero attached hydrogens (tertiary/aromatic N) is 2. The smallest absolute Gasteiger partial charge is 0.254 e. The standard InChI is InChI=1S/C19H25N3O/c1-18(2,3)13-19(4,5)22-17(23)15-11-20-16(21-12-15)14-9-7-6-8-10-14/h6-12H,13H2,1-5H3,(H,22,23). The summed E-state index contributed by atoms with van der Waals surface area (Å²) in [5.74, 6) is 0.481. The maximum absolute atomic E-state index is 12.4. The van der Waals surface area contributed by atoms with Gasteiger partial charge in [-0.2, -0.15) is 0 Å². The van der Waals surface area contributed by atoms with Crippen LogP contribution in [0.1, 0.15) is 51.4 Å². The number of rotatable bonds is 4. The lowest BCUT2D eigenvalue weighted by Gasteiger charge is -2.33. The molecule has 1 heterocycles. The van der Waals surface area contributed by atoms with Gasteiger partial charge in [-0.15, -0.1) is 0 Å². The Hall–Kier alpha value is -2.23. The van der Waals surface area contributed by atoms with Crippen molar-refractivity contribution in [3.05, 3.63) is 48.3 Å². The van der Waals surface area contributed by atoms with E-state index in [1.807, 2.05) is 44.2 Å². The number of hydrogen-bond donors (Lipinski definition) is 1. The molecule has 1 amide bonds. The van der Waals surface area contributed by atoms with E-state index in [1.165, 1.54) is 0 Å². The van der Waals surface area contributed by atoms with Crippen LogP contribution in [0.25, 0.3) is 11.4 Å². The Morgan fingerprint density at radius 1 is 1.00 bits per heavy atom. The lowest BCUT2D eigenvalue weighted by molar-refractivity contribution is 0.0890. The topological polar surface area (TPSA) is 54.9 Å². The van der Waals surface area contributed by atoms with E-state index in [2.05, 4.69) is 36.1 Å². The molecule has 2 aromatic rings. The van der Waals surface area contributed by atoms with E-state index >= 15 is 0 Å². The van der Waals surface area contributed by atoms with Crippen molar-refractivity contribution < 1.29 is 4.79 Å². The molecule has 4 heteroatoms. The summed E-state index contributed by atoms with van der Waals surface area (Å²) in [4.78, 5) is 21.0. The average molecular weight is 311 g/mol. The third kappa shape index (κ3) is 5.16. The van der Waals surface area contributed by atoms with Crippen LogP contribution in [0.15, 0.2) is 42.7 Å². The maximum atomic E-state index is 12.4. The molecule has 1 N–H and O–H groups in total. The van der Waals surface area contributed by atoms with Crippen molar-refractivity contribution in [3.63, 3.8) is 0 Å². The minimum Gasteiger partial charge on any atom is -0.347 e. The van der Waals surface area contributed by atoms with Crippen LogP contribution in [0.2, 0.25) is 0 Å². The van der Waals surface area contributed by atoms with Gasteiger partial charge in [0.15, 0.2) is 5.82 Å². The summed E-state index contributed by atoms with van der Waals surface area (Å²) in [5, 5.41) is 3.07. The highest BCUT2D eigenvalue weighted by molar-refractivity contribution is 5.94. The van der Waals surface area contributed by atoms with Crippen molar-refractivity contribution in [2.75, 3.05) is 0 Å². The Kier molecular flexibility index (Phi) is 4.83. The van der Waals surface area contributed by atoms with Crippen molar-refractivity contribution in [1.29, 1.82) is 0 Å². The molecule has 1 aromatic carbocycles. The molecule has 0 saturated carbocycles. The highest BCUT2D eigenvalue weighted by atomic mass is 16.1. The molecular weight excluding hydrogens is 286 g/mol. The largest absolute Gasteiger partial charge is 0.347 e. The Morgan fingerprint density at radius 3 is 2.09 bits per heavy atom. The summed E-state index contributed by atoms with van der Waals surface area (Å²) < 4.78 is 0. The minimum atomic E-state index is -0.284. The number of carbonyl (C=O) groups is 1. The van der Waals surface area contributed by atoms with Crippen LogP contribution in [0.3, 0.4) is 0 Å². The first-order chi connectivity index (χ1) is 10.7. The second-order valence-corrected chi connectivity index (χ2v) is 7.74. The zero-order valence-electron chi connectivity index (χ0n) is 14.6. The van der Waals surface area contributed by atoms with E-state index in [0.29, 0.717) is 11.4 Å². The summed E-state index contributed by atoms with van der Waals surface area (Å²) in [6.07, 6.45) is 4.05. The van der Waals surface area contributed by atoms with Crippen LogP contribution in [0, 0.1) is 5.41 Å². The lowest BCUT2D eigenvalue weighted by atomic mass is 9.81. The molecule has 0 bridgehead atoms. The first-order valence-corrected chi connectivity index (χ1v) is 7.86. The van der Waals surface area contributed by atoms with Crippen LogP contribution in [-0.4, -0.2) is 21.4 Å². The number of amides is 1. The zero-order chi connectivity index (χ0) is 17.1. The van der Waals surface area contributed by atoms with Gasteiger partial charge in [0, 0.05) is 23.5 Å². The first-order valence-electron chi connectivity index (χ1n) is 7.86. The molecule has 0 aliphatic heterocycles. The Balaban J connectivity index is 2.09. The third-order valence-electron chi connectivity index (χ3n) is 3.37. The highest BCUT2D eigenvalue weighted by Gasteiger charge is 2.27. The van der Waals surface area contributed by atoms with Gasteiger partial charge in [-0.1, -0.05) is 51.1 Å². The van der Waals surface area contributed by atoms with Crippen molar-refractivity contribution in [3.8, 4) is 11.4 Å². The molecule has 0 radical (unpaired) electrons. The molecule has 2 rings (SSSR count). The second kappa shape index (κ2) is 6.49. The SMILES string of the molecule is CC(C)(C)CC(C)(C)NC(=O)c1cnc(-c2ccccc2)nc1. The van der Waals surface area contributed by atoms with Crippen LogP contribution >= 0.6 is 0 Å². The fourth-order valence-corrected chi connectivity index (χ4v) is 2.93. The fourth-order valence-electron chi connectivity index (χ4n) is 2.93. The van der Waals surface area contributed by atoms with Gasteiger partial charge in [-0.05, 0) is 25.7 Å². The molecule has 1 aromatic heterocycles. The Bertz CT molecular complexity index is 655. The van der Waals surface area contributed by atoms with Gasteiger partial charge in [0.1, 0.15) is 0 Å². The molecule has 0 spiro atoms. The van der Waals surface area contributed by atoms with Gasteiger partial charge in [0.05, 0.1) is 5.56 Å². The highest BCUT2D eigenvalue weighted by Crippen LogP contribution is 2.27. The van der Waals surface area contributed by atoms with E-state index in [1.54, 1.807) is 12.4 Å². The van der Waals surface area contributed by atoms with Crippen LogP contribution < -0.4 is 5.32 Å². The molecule has 0 unspecified atom stereocenters. The van der Waals surface area contributed by atoms with Gasteiger partial charge in [-0.3, -0.25) is 4.79 Å². The van der Waals surface area contributed by atoms with Crippen LogP contribution in [-0.2, 0) is 0 Å². The molecule has 0 fully saturated rings. The van der Waals surface area contributed by atoms with E-state index in [-0.39, 0.29) is 16.9 Å². The summed E-state index contributed by atoms with van der Waals surface area (Å²) in [7, 11) is 0. The molecule has 0 aliphatic carbocycles. The van der Waals surface area contributed by atoms with Crippen molar-refractivity contribution >= 4 is 5.91 Å². The monoisotopic (exact) mass is 311 g/mol. The normalized spacial score (nSPS) is 12.0. The quantitative estimate of drug-likeness (QED) is 0.925. The predicted molar refractivity (Wildman–Crippen MR) is 93.1 cm³/mol. The van der Waals surface area contributed by atoms with Crippen LogP contribution in [0.4, 0.5) is 0 Å². The second-order valence-electron chi connectivity index (χ2n) is 7.74. The van der Waals surface area contributed by atoms with Gasteiger partial charge >= 0.3 is 0 Å². The van der Waals surface area contributed by atoms with Gasteiger partial charge in [0.25, 0.3) is 5.91 Å². The van der Waals surface area contributed by atoms with E-state index < -0.39 is 0 Å². The summed E-state index contributed by atoms with van der Waals surface area (Å²) in [6, 6.07) is 9.72. The third-order valence-corrected chi connectivity index (χ3v) is 3.37. The van der Waals surface area contributed by atoms with Gasteiger partial charge in [0.2, 0.25) is 0 Å².